The predicted molar refractivity (Wildman–Crippen MR) is 71.6 cm³/mol. The molecule has 0 radical (unpaired) electrons. The van der Waals surface area contributed by atoms with Crippen LogP contribution >= 0.6 is 0 Å². The highest BCUT2D eigenvalue weighted by Gasteiger charge is 2.44. The minimum atomic E-state index is -0.652. The molecule has 1 aliphatic rings. The number of carbonyl (C=O) groups excluding carboxylic acids is 1. The van der Waals surface area contributed by atoms with Crippen molar-refractivity contribution in [3.8, 4) is 0 Å². The Kier molecular flexibility index (Phi) is 3.69. The van der Waals surface area contributed by atoms with Crippen LogP contribution in [0.15, 0.2) is 10.5 Å². The van der Waals surface area contributed by atoms with Crippen molar-refractivity contribution in [2.24, 2.45) is 11.1 Å². The Morgan fingerprint density at radius 2 is 2.26 bits per heavy atom. The third-order valence-corrected chi connectivity index (χ3v) is 3.93. The first-order valence-electron chi connectivity index (χ1n) is 6.56. The van der Waals surface area contributed by atoms with E-state index in [1.165, 1.54) is 0 Å². The van der Waals surface area contributed by atoms with Crippen LogP contribution in [0.4, 0.5) is 0 Å². The fourth-order valence-electron chi connectivity index (χ4n) is 2.44. The fraction of sp³-hybridized carbons (Fsp3) is 0.643. The molecule has 2 heterocycles. The van der Waals surface area contributed by atoms with Gasteiger partial charge >= 0.3 is 0 Å². The molecule has 1 aromatic heterocycles. The molecule has 1 fully saturated rings. The van der Waals surface area contributed by atoms with Crippen LogP contribution in [0, 0.1) is 19.3 Å². The van der Waals surface area contributed by atoms with Crippen LogP contribution in [-0.4, -0.2) is 25.2 Å². The first kappa shape index (κ1) is 14.1. The maximum absolute atomic E-state index is 12.4. The molecule has 1 saturated heterocycles. The van der Waals surface area contributed by atoms with E-state index in [9.17, 15) is 4.79 Å². The summed E-state index contributed by atoms with van der Waals surface area (Å²) in [6.07, 6.45) is 0. The van der Waals surface area contributed by atoms with E-state index >= 15 is 0 Å². The van der Waals surface area contributed by atoms with E-state index in [0.29, 0.717) is 13.2 Å². The number of nitrogens with one attached hydrogen (secondary N) is 1. The highest BCUT2D eigenvalue weighted by molar-refractivity contribution is 5.84. The van der Waals surface area contributed by atoms with Crippen LogP contribution in [0.1, 0.15) is 37.0 Å². The van der Waals surface area contributed by atoms with E-state index in [4.69, 9.17) is 14.9 Å². The normalized spacial score (nSPS) is 28.4. The summed E-state index contributed by atoms with van der Waals surface area (Å²) >= 11 is 0. The average Bonchev–Trinajstić information content (AvgIpc) is 2.83. The lowest BCUT2D eigenvalue weighted by atomic mass is 9.84. The van der Waals surface area contributed by atoms with Gasteiger partial charge in [0.2, 0.25) is 5.91 Å². The molecule has 0 saturated carbocycles. The Labute approximate surface area is 113 Å². The van der Waals surface area contributed by atoms with Crippen molar-refractivity contribution in [1.82, 2.24) is 5.32 Å². The SMILES string of the molecule is Cc1cc(C(C)NC(=O)C2(C)COCC2N)c(C)o1. The van der Waals surface area contributed by atoms with Crippen molar-refractivity contribution in [3.63, 3.8) is 0 Å². The van der Waals surface area contributed by atoms with E-state index < -0.39 is 5.41 Å². The van der Waals surface area contributed by atoms with Gasteiger partial charge in [-0.15, -0.1) is 0 Å². The third kappa shape index (κ3) is 2.53. The fourth-order valence-corrected chi connectivity index (χ4v) is 2.44. The summed E-state index contributed by atoms with van der Waals surface area (Å²) in [6.45, 7) is 8.39. The second-order valence-corrected chi connectivity index (χ2v) is 5.60. The molecule has 1 aliphatic heterocycles. The molecule has 5 nitrogen and oxygen atoms in total. The lowest BCUT2D eigenvalue weighted by molar-refractivity contribution is -0.131. The molecule has 0 aromatic carbocycles. The molecular weight excluding hydrogens is 244 g/mol. The molecule has 0 spiro atoms. The Bertz CT molecular complexity index is 483. The lowest BCUT2D eigenvalue weighted by Crippen LogP contribution is -2.50. The molecule has 3 atom stereocenters. The minimum Gasteiger partial charge on any atom is -0.466 e. The maximum atomic E-state index is 12.4. The van der Waals surface area contributed by atoms with Gasteiger partial charge in [0.1, 0.15) is 11.5 Å². The van der Waals surface area contributed by atoms with Crippen LogP contribution in [0.3, 0.4) is 0 Å². The molecule has 1 aromatic rings. The minimum absolute atomic E-state index is 0.0664. The second-order valence-electron chi connectivity index (χ2n) is 5.60. The molecule has 5 heteroatoms. The van der Waals surface area contributed by atoms with Gasteiger partial charge in [0.25, 0.3) is 0 Å². The van der Waals surface area contributed by atoms with Gasteiger partial charge in [-0.05, 0) is 33.8 Å². The van der Waals surface area contributed by atoms with Crippen LogP contribution in [-0.2, 0) is 9.53 Å². The molecule has 0 bridgehead atoms. The van der Waals surface area contributed by atoms with Gasteiger partial charge in [-0.3, -0.25) is 4.79 Å². The number of carbonyl (C=O) groups is 1. The summed E-state index contributed by atoms with van der Waals surface area (Å²) in [4.78, 5) is 12.4. The van der Waals surface area contributed by atoms with Gasteiger partial charge in [-0.2, -0.15) is 0 Å². The molecule has 3 N–H and O–H groups in total. The van der Waals surface area contributed by atoms with Gasteiger partial charge in [-0.25, -0.2) is 0 Å². The van der Waals surface area contributed by atoms with Gasteiger partial charge in [0, 0.05) is 11.6 Å². The predicted octanol–water partition coefficient (Wildman–Crippen LogP) is 1.44. The van der Waals surface area contributed by atoms with Gasteiger partial charge in [-0.1, -0.05) is 0 Å². The Balaban J connectivity index is 2.09. The Morgan fingerprint density at radius 3 is 2.74 bits per heavy atom. The summed E-state index contributed by atoms with van der Waals surface area (Å²) in [5, 5.41) is 3.00. The number of hydrogen-bond acceptors (Lipinski definition) is 4. The van der Waals surface area contributed by atoms with Crippen molar-refractivity contribution in [1.29, 1.82) is 0 Å². The monoisotopic (exact) mass is 266 g/mol. The summed E-state index contributed by atoms with van der Waals surface area (Å²) in [5.41, 5.74) is 6.31. The number of hydrogen-bond donors (Lipinski definition) is 2. The number of nitrogens with two attached hydrogens (primary N) is 1. The van der Waals surface area contributed by atoms with Crippen molar-refractivity contribution < 1.29 is 13.9 Å². The quantitative estimate of drug-likeness (QED) is 0.867. The van der Waals surface area contributed by atoms with Gasteiger partial charge in [0.05, 0.1) is 24.7 Å². The number of aryl methyl sites for hydroxylation is 2. The van der Waals surface area contributed by atoms with Gasteiger partial charge in [0.15, 0.2) is 0 Å². The maximum Gasteiger partial charge on any atom is 0.230 e. The Hall–Kier alpha value is -1.33. The van der Waals surface area contributed by atoms with E-state index in [2.05, 4.69) is 5.32 Å². The number of furan rings is 1. The molecule has 19 heavy (non-hydrogen) atoms. The largest absolute Gasteiger partial charge is 0.466 e. The summed E-state index contributed by atoms with van der Waals surface area (Å²) in [7, 11) is 0. The molecule has 1 amide bonds. The molecule has 3 unspecified atom stereocenters. The van der Waals surface area contributed by atoms with Crippen molar-refractivity contribution in [3.05, 3.63) is 23.2 Å². The standard InChI is InChI=1S/C14H22N2O3/c1-8-5-11(10(3)19-8)9(2)16-13(17)14(4)7-18-6-12(14)15/h5,9,12H,6-7,15H2,1-4H3,(H,16,17). The lowest BCUT2D eigenvalue weighted by Gasteiger charge is -2.27. The summed E-state index contributed by atoms with van der Waals surface area (Å²) in [6, 6.07) is 1.59. The van der Waals surface area contributed by atoms with E-state index in [0.717, 1.165) is 17.1 Å². The molecule has 106 valence electrons. The highest BCUT2D eigenvalue weighted by Crippen LogP contribution is 2.29. The first-order chi connectivity index (χ1) is 8.84. The van der Waals surface area contributed by atoms with Crippen LogP contribution in [0.25, 0.3) is 0 Å². The first-order valence-corrected chi connectivity index (χ1v) is 6.56. The molecule has 0 aliphatic carbocycles. The van der Waals surface area contributed by atoms with Crippen LogP contribution in [0.5, 0.6) is 0 Å². The van der Waals surface area contributed by atoms with E-state index in [-0.39, 0.29) is 18.0 Å². The van der Waals surface area contributed by atoms with Crippen molar-refractivity contribution in [2.45, 2.75) is 39.8 Å². The molecular formula is C14H22N2O3. The van der Waals surface area contributed by atoms with E-state index in [1.807, 2.05) is 33.8 Å². The summed E-state index contributed by atoms with van der Waals surface area (Å²) < 4.78 is 10.8. The van der Waals surface area contributed by atoms with Gasteiger partial charge < -0.3 is 20.2 Å². The number of ether oxygens (including phenoxy) is 1. The van der Waals surface area contributed by atoms with Crippen LogP contribution < -0.4 is 11.1 Å². The van der Waals surface area contributed by atoms with Crippen molar-refractivity contribution >= 4 is 5.91 Å². The smallest absolute Gasteiger partial charge is 0.230 e. The zero-order valence-electron chi connectivity index (χ0n) is 11.9. The zero-order valence-corrected chi connectivity index (χ0v) is 11.9. The summed E-state index contributed by atoms with van der Waals surface area (Å²) in [5.74, 6) is 1.62. The Morgan fingerprint density at radius 1 is 1.58 bits per heavy atom. The topological polar surface area (TPSA) is 77.5 Å². The average molecular weight is 266 g/mol. The third-order valence-electron chi connectivity index (χ3n) is 3.93. The number of rotatable bonds is 3. The van der Waals surface area contributed by atoms with Crippen LogP contribution in [0.2, 0.25) is 0 Å². The second kappa shape index (κ2) is 4.98. The van der Waals surface area contributed by atoms with E-state index in [1.54, 1.807) is 0 Å². The zero-order chi connectivity index (χ0) is 14.2. The molecule has 2 rings (SSSR count). The highest BCUT2D eigenvalue weighted by atomic mass is 16.5. The number of amides is 1. The van der Waals surface area contributed by atoms with Crippen molar-refractivity contribution in [2.75, 3.05) is 13.2 Å².